The van der Waals surface area contributed by atoms with Gasteiger partial charge >= 0.3 is 5.97 Å². The van der Waals surface area contributed by atoms with Gasteiger partial charge in [0, 0.05) is 24.7 Å². The lowest BCUT2D eigenvalue weighted by Gasteiger charge is -2.39. The summed E-state index contributed by atoms with van der Waals surface area (Å²) < 4.78 is 6.10. The van der Waals surface area contributed by atoms with Gasteiger partial charge in [0.25, 0.3) is 0 Å². The smallest absolute Gasteiger partial charge is 0.318 e. The fraction of sp³-hybridized carbons (Fsp3) is 0.345. The van der Waals surface area contributed by atoms with Crippen LogP contribution in [0.5, 0.6) is 11.5 Å². The molecule has 0 radical (unpaired) electrons. The molecule has 0 unspecified atom stereocenters. The van der Waals surface area contributed by atoms with Crippen molar-refractivity contribution in [1.82, 2.24) is 4.90 Å². The molecule has 6 heteroatoms. The van der Waals surface area contributed by atoms with Crippen LogP contribution < -0.4 is 4.74 Å². The minimum absolute atomic E-state index is 0.00573. The van der Waals surface area contributed by atoms with Crippen LogP contribution in [0.25, 0.3) is 0 Å². The van der Waals surface area contributed by atoms with Crippen LogP contribution >= 0.6 is 11.6 Å². The number of aromatic hydroxyl groups is 1. The van der Waals surface area contributed by atoms with E-state index in [-0.39, 0.29) is 17.4 Å². The Morgan fingerprint density at radius 2 is 1.60 bits per heavy atom. The minimum Gasteiger partial charge on any atom is -0.506 e. The zero-order chi connectivity index (χ0) is 25.1. The number of aliphatic carboxylic acids is 1. The summed E-state index contributed by atoms with van der Waals surface area (Å²) in [5.74, 6) is -0.239. The molecule has 3 aromatic carbocycles. The predicted molar refractivity (Wildman–Crippen MR) is 138 cm³/mol. The summed E-state index contributed by atoms with van der Waals surface area (Å²) in [5.41, 5.74) is 0.222. The summed E-state index contributed by atoms with van der Waals surface area (Å²) >= 11 is 5.91. The summed E-state index contributed by atoms with van der Waals surface area (Å²) in [5, 5.41) is 20.7. The normalized spacial score (nSPS) is 16.8. The molecule has 1 aliphatic rings. The molecule has 35 heavy (non-hydrogen) atoms. The number of hydrogen-bond acceptors (Lipinski definition) is 4. The lowest BCUT2D eigenvalue weighted by atomic mass is 9.69. The van der Waals surface area contributed by atoms with E-state index in [1.165, 1.54) is 6.07 Å². The number of nitrogens with zero attached hydrogens (tertiary/aromatic N) is 1. The summed E-state index contributed by atoms with van der Waals surface area (Å²) in [6.07, 6.45) is 2.00. The van der Waals surface area contributed by atoms with Crippen molar-refractivity contribution in [3.63, 3.8) is 0 Å². The van der Waals surface area contributed by atoms with Crippen molar-refractivity contribution >= 4 is 17.6 Å². The van der Waals surface area contributed by atoms with Gasteiger partial charge in [-0.1, -0.05) is 72.3 Å². The van der Waals surface area contributed by atoms with Crippen LogP contribution in [0, 0.1) is 0 Å². The zero-order valence-electron chi connectivity index (χ0n) is 20.2. The lowest BCUT2D eigenvalue weighted by molar-refractivity contribution is -0.142. The molecule has 4 rings (SSSR count). The molecule has 1 fully saturated rings. The highest BCUT2D eigenvalue weighted by molar-refractivity contribution is 6.32. The maximum absolute atomic E-state index is 12.9. The Morgan fingerprint density at radius 3 is 2.14 bits per heavy atom. The molecular formula is C29H32ClNO4. The molecule has 0 aromatic heterocycles. The number of carboxylic acids is 1. The fourth-order valence-corrected chi connectivity index (χ4v) is 5.16. The standard InChI is InChI=1S/C29H32ClNO4/c1-28(2,31-18-15-24(20-31)35-23-13-14-25(30)26(32)19-23)16-17-29(27(33)34,21-9-5-3-6-10-21)22-11-7-4-8-12-22/h3-14,19,24,32H,15-18,20H2,1-2H3,(H,33,34)/t24-/m0/s1. The van der Waals surface area contributed by atoms with E-state index in [4.69, 9.17) is 16.3 Å². The molecule has 2 N–H and O–H groups in total. The minimum atomic E-state index is -1.13. The van der Waals surface area contributed by atoms with Crippen LogP contribution in [0.1, 0.15) is 44.2 Å². The van der Waals surface area contributed by atoms with Crippen LogP contribution in [0.3, 0.4) is 0 Å². The number of carboxylic acid groups (broad SMARTS) is 1. The number of carbonyl (C=O) groups is 1. The number of likely N-dealkylation sites (tertiary alicyclic amines) is 1. The van der Waals surface area contributed by atoms with Gasteiger partial charge in [-0.15, -0.1) is 0 Å². The summed E-state index contributed by atoms with van der Waals surface area (Å²) in [6.45, 7) is 5.93. The highest BCUT2D eigenvalue weighted by atomic mass is 35.5. The zero-order valence-corrected chi connectivity index (χ0v) is 20.9. The Labute approximate surface area is 211 Å². The molecule has 0 spiro atoms. The second kappa shape index (κ2) is 10.3. The first-order valence-electron chi connectivity index (χ1n) is 12.0. The number of hydrogen-bond donors (Lipinski definition) is 2. The average molecular weight is 494 g/mol. The number of ether oxygens (including phenoxy) is 1. The van der Waals surface area contributed by atoms with E-state index in [0.29, 0.717) is 23.6 Å². The van der Waals surface area contributed by atoms with Crippen molar-refractivity contribution in [3.8, 4) is 11.5 Å². The average Bonchev–Trinajstić information content (AvgIpc) is 3.33. The Bertz CT molecular complexity index is 1110. The Morgan fingerprint density at radius 1 is 1.00 bits per heavy atom. The number of phenolic OH excluding ortho intramolecular Hbond substituents is 1. The number of halogens is 1. The fourth-order valence-electron chi connectivity index (χ4n) is 5.04. The third kappa shape index (κ3) is 5.31. The number of benzene rings is 3. The monoisotopic (exact) mass is 493 g/mol. The van der Waals surface area contributed by atoms with Gasteiger partial charge < -0.3 is 14.9 Å². The first-order valence-corrected chi connectivity index (χ1v) is 12.3. The second-order valence-electron chi connectivity index (χ2n) is 9.84. The van der Waals surface area contributed by atoms with E-state index in [9.17, 15) is 15.0 Å². The topological polar surface area (TPSA) is 70.0 Å². The van der Waals surface area contributed by atoms with Gasteiger partial charge in [0.2, 0.25) is 0 Å². The molecule has 1 saturated heterocycles. The second-order valence-corrected chi connectivity index (χ2v) is 10.2. The SMILES string of the molecule is CC(C)(CCC(C(=O)O)(c1ccccc1)c1ccccc1)N1CC[C@H](Oc2ccc(Cl)c(O)c2)C1. The molecule has 0 bridgehead atoms. The van der Waals surface area contributed by atoms with Gasteiger partial charge in [-0.25, -0.2) is 0 Å². The summed E-state index contributed by atoms with van der Waals surface area (Å²) in [7, 11) is 0. The van der Waals surface area contributed by atoms with Gasteiger partial charge in [0.05, 0.1) is 5.02 Å². The van der Waals surface area contributed by atoms with Crippen molar-refractivity contribution in [1.29, 1.82) is 0 Å². The highest BCUT2D eigenvalue weighted by Crippen LogP contribution is 2.40. The molecule has 1 aliphatic heterocycles. The van der Waals surface area contributed by atoms with Crippen LogP contribution in [0.15, 0.2) is 78.9 Å². The number of rotatable bonds is 9. The van der Waals surface area contributed by atoms with E-state index in [0.717, 1.165) is 30.6 Å². The molecule has 0 amide bonds. The van der Waals surface area contributed by atoms with Crippen molar-refractivity contribution < 1.29 is 19.7 Å². The van der Waals surface area contributed by atoms with Crippen molar-refractivity contribution in [2.24, 2.45) is 0 Å². The Balaban J connectivity index is 1.51. The molecule has 1 heterocycles. The summed E-state index contributed by atoms with van der Waals surface area (Å²) in [6, 6.07) is 24.0. The van der Waals surface area contributed by atoms with Crippen molar-refractivity contribution in [2.45, 2.75) is 50.2 Å². The van der Waals surface area contributed by atoms with Gasteiger partial charge in [-0.05, 0) is 56.4 Å². The van der Waals surface area contributed by atoms with Crippen molar-refractivity contribution in [3.05, 3.63) is 95.0 Å². The first-order chi connectivity index (χ1) is 16.7. The summed E-state index contributed by atoms with van der Waals surface area (Å²) in [4.78, 5) is 15.3. The molecule has 0 aliphatic carbocycles. The maximum atomic E-state index is 12.9. The van der Waals surface area contributed by atoms with E-state index < -0.39 is 11.4 Å². The molecule has 3 aromatic rings. The maximum Gasteiger partial charge on any atom is 0.318 e. The van der Waals surface area contributed by atoms with Crippen LogP contribution in [0.4, 0.5) is 0 Å². The van der Waals surface area contributed by atoms with Crippen LogP contribution in [0.2, 0.25) is 5.02 Å². The van der Waals surface area contributed by atoms with Crippen LogP contribution in [-0.4, -0.2) is 45.8 Å². The predicted octanol–water partition coefficient (Wildman–Crippen LogP) is 6.13. The molecule has 0 saturated carbocycles. The molecular weight excluding hydrogens is 462 g/mol. The third-order valence-corrected chi connectivity index (χ3v) is 7.55. The quantitative estimate of drug-likeness (QED) is 0.375. The van der Waals surface area contributed by atoms with Gasteiger partial charge in [-0.3, -0.25) is 9.69 Å². The van der Waals surface area contributed by atoms with Gasteiger partial charge in [0.15, 0.2) is 0 Å². The Hall–Kier alpha value is -3.02. The van der Waals surface area contributed by atoms with Crippen molar-refractivity contribution in [2.75, 3.05) is 13.1 Å². The largest absolute Gasteiger partial charge is 0.506 e. The van der Waals surface area contributed by atoms with E-state index in [2.05, 4.69) is 18.7 Å². The first kappa shape index (κ1) is 25.1. The third-order valence-electron chi connectivity index (χ3n) is 7.23. The molecule has 5 nitrogen and oxygen atoms in total. The Kier molecular flexibility index (Phi) is 7.39. The number of phenols is 1. The van der Waals surface area contributed by atoms with E-state index in [1.54, 1.807) is 12.1 Å². The van der Waals surface area contributed by atoms with Crippen LogP contribution in [-0.2, 0) is 10.2 Å². The van der Waals surface area contributed by atoms with Gasteiger partial charge in [0.1, 0.15) is 23.0 Å². The highest BCUT2D eigenvalue weighted by Gasteiger charge is 2.44. The lowest BCUT2D eigenvalue weighted by Crippen LogP contribution is -2.46. The van der Waals surface area contributed by atoms with E-state index in [1.807, 2.05) is 60.7 Å². The van der Waals surface area contributed by atoms with Gasteiger partial charge in [-0.2, -0.15) is 0 Å². The molecule has 184 valence electrons. The molecule has 1 atom stereocenters. The van der Waals surface area contributed by atoms with E-state index >= 15 is 0 Å².